The summed E-state index contributed by atoms with van der Waals surface area (Å²) in [6.07, 6.45) is 0.517. The van der Waals surface area contributed by atoms with Crippen molar-refractivity contribution in [3.8, 4) is 0 Å². The molecule has 6 heteroatoms. The molecule has 0 aliphatic rings. The summed E-state index contributed by atoms with van der Waals surface area (Å²) in [4.78, 5) is 22.5. The Hall–Kier alpha value is -2.50. The summed E-state index contributed by atoms with van der Waals surface area (Å²) in [7, 11) is 0. The van der Waals surface area contributed by atoms with E-state index in [9.17, 15) is 9.59 Å². The van der Waals surface area contributed by atoms with Crippen molar-refractivity contribution >= 4 is 12.2 Å². The van der Waals surface area contributed by atoms with Gasteiger partial charge in [0.05, 0.1) is 5.54 Å². The molecule has 0 aromatic heterocycles. The zero-order valence-corrected chi connectivity index (χ0v) is 12.0. The highest BCUT2D eigenvalue weighted by Crippen LogP contribution is 2.12. The maximum atomic E-state index is 11.8. The van der Waals surface area contributed by atoms with E-state index < -0.39 is 17.7 Å². The minimum atomic E-state index is -0.898. The van der Waals surface area contributed by atoms with Crippen molar-refractivity contribution in [3.63, 3.8) is 0 Å². The number of hydrogen-bond donors (Lipinski definition) is 2. The van der Waals surface area contributed by atoms with Gasteiger partial charge in [0.1, 0.15) is 13.2 Å². The molecule has 0 heterocycles. The average Bonchev–Trinajstić information content (AvgIpc) is 2.44. The van der Waals surface area contributed by atoms with Gasteiger partial charge in [-0.2, -0.15) is 0 Å². The number of amides is 2. The minimum absolute atomic E-state index is 0.0607. The van der Waals surface area contributed by atoms with Crippen LogP contribution in [-0.4, -0.2) is 24.3 Å². The highest BCUT2D eigenvalue weighted by Gasteiger charge is 2.27. The van der Waals surface area contributed by atoms with Crippen LogP contribution in [0.2, 0.25) is 0 Å². The van der Waals surface area contributed by atoms with Gasteiger partial charge in [-0.05, 0) is 18.9 Å². The second-order valence-electron chi connectivity index (χ2n) is 4.85. The van der Waals surface area contributed by atoms with Gasteiger partial charge in [0.2, 0.25) is 0 Å². The summed E-state index contributed by atoms with van der Waals surface area (Å²) in [6, 6.07) is 9.31. The molecule has 0 saturated carbocycles. The van der Waals surface area contributed by atoms with Crippen molar-refractivity contribution in [1.82, 2.24) is 5.32 Å². The van der Waals surface area contributed by atoms with E-state index in [0.29, 0.717) is 6.42 Å². The molecule has 1 unspecified atom stereocenters. The number of benzene rings is 1. The molecule has 3 N–H and O–H groups in total. The number of carbonyl (C=O) groups is 2. The summed E-state index contributed by atoms with van der Waals surface area (Å²) in [5.41, 5.74) is 5.00. The maximum absolute atomic E-state index is 11.8. The third-order valence-electron chi connectivity index (χ3n) is 2.74. The number of carbonyl (C=O) groups excluding carboxylic acids is 2. The molecule has 114 valence electrons. The molecule has 0 aliphatic heterocycles. The largest absolute Gasteiger partial charge is 0.447 e. The van der Waals surface area contributed by atoms with Crippen molar-refractivity contribution in [3.05, 3.63) is 48.6 Å². The standard InChI is InChI=1S/C15H20N2O4/c1-3-9-15(2,11-21-13(16)18)17-14(19)20-10-12-7-5-4-6-8-12/h3-8H,1,9-11H2,2H3,(H2,16,18)(H,17,19). The Balaban J connectivity index is 2.51. The van der Waals surface area contributed by atoms with E-state index in [1.807, 2.05) is 30.3 Å². The number of rotatable bonds is 7. The molecule has 0 fully saturated rings. The van der Waals surface area contributed by atoms with Gasteiger partial charge in [0, 0.05) is 0 Å². The molecule has 21 heavy (non-hydrogen) atoms. The van der Waals surface area contributed by atoms with Crippen LogP contribution in [-0.2, 0) is 16.1 Å². The molecular formula is C15H20N2O4. The number of nitrogens with one attached hydrogen (secondary N) is 1. The fraction of sp³-hybridized carbons (Fsp3) is 0.333. The Kier molecular flexibility index (Phi) is 6.26. The van der Waals surface area contributed by atoms with Crippen molar-refractivity contribution in [1.29, 1.82) is 0 Å². The van der Waals surface area contributed by atoms with E-state index in [0.717, 1.165) is 5.56 Å². The summed E-state index contributed by atoms with van der Waals surface area (Å²) in [5, 5.41) is 2.65. The SMILES string of the molecule is C=CCC(C)(COC(N)=O)NC(=O)OCc1ccccc1. The van der Waals surface area contributed by atoms with Crippen LogP contribution < -0.4 is 11.1 Å². The number of ether oxygens (including phenoxy) is 2. The van der Waals surface area contributed by atoms with Gasteiger partial charge >= 0.3 is 12.2 Å². The van der Waals surface area contributed by atoms with Crippen LogP contribution in [0.5, 0.6) is 0 Å². The molecule has 1 aromatic rings. The van der Waals surface area contributed by atoms with Crippen LogP contribution in [0.4, 0.5) is 9.59 Å². The first-order valence-corrected chi connectivity index (χ1v) is 6.47. The topological polar surface area (TPSA) is 90.6 Å². The van der Waals surface area contributed by atoms with Crippen molar-refractivity contribution < 1.29 is 19.1 Å². The Labute approximate surface area is 123 Å². The van der Waals surface area contributed by atoms with Crippen LogP contribution in [0.25, 0.3) is 0 Å². The quantitative estimate of drug-likeness (QED) is 0.755. The maximum Gasteiger partial charge on any atom is 0.408 e. The molecular weight excluding hydrogens is 272 g/mol. The highest BCUT2D eigenvalue weighted by molar-refractivity contribution is 5.68. The third kappa shape index (κ3) is 6.47. The number of primary amides is 1. The van der Waals surface area contributed by atoms with Crippen LogP contribution >= 0.6 is 0 Å². The fourth-order valence-electron chi connectivity index (χ4n) is 1.70. The molecule has 1 rings (SSSR count). The van der Waals surface area contributed by atoms with E-state index in [4.69, 9.17) is 15.2 Å². The molecule has 1 atom stereocenters. The van der Waals surface area contributed by atoms with E-state index >= 15 is 0 Å². The Bertz CT molecular complexity index is 490. The predicted molar refractivity (Wildman–Crippen MR) is 78.5 cm³/mol. The third-order valence-corrected chi connectivity index (χ3v) is 2.74. The molecule has 1 aromatic carbocycles. The Morgan fingerprint density at radius 2 is 2.00 bits per heavy atom. The highest BCUT2D eigenvalue weighted by atomic mass is 16.6. The number of hydrogen-bond acceptors (Lipinski definition) is 4. The van der Waals surface area contributed by atoms with Gasteiger partial charge in [-0.1, -0.05) is 36.4 Å². The predicted octanol–water partition coefficient (Wildman–Crippen LogP) is 2.34. The van der Waals surface area contributed by atoms with Crippen molar-refractivity contribution in [2.45, 2.75) is 25.5 Å². The zero-order chi connectivity index (χ0) is 15.7. The monoisotopic (exact) mass is 292 g/mol. The minimum Gasteiger partial charge on any atom is -0.447 e. The van der Waals surface area contributed by atoms with Crippen LogP contribution in [0.1, 0.15) is 18.9 Å². The van der Waals surface area contributed by atoms with Gasteiger partial charge in [0.25, 0.3) is 0 Å². The van der Waals surface area contributed by atoms with Crippen molar-refractivity contribution in [2.75, 3.05) is 6.61 Å². The van der Waals surface area contributed by atoms with Gasteiger partial charge < -0.3 is 20.5 Å². The first kappa shape index (κ1) is 16.6. The summed E-state index contributed by atoms with van der Waals surface area (Å²) in [5.74, 6) is 0. The lowest BCUT2D eigenvalue weighted by atomic mass is 9.99. The normalized spacial score (nSPS) is 12.8. The molecule has 0 radical (unpaired) electrons. The molecule has 0 saturated heterocycles. The first-order chi connectivity index (χ1) is 9.95. The Morgan fingerprint density at radius 3 is 2.57 bits per heavy atom. The van der Waals surface area contributed by atoms with E-state index in [-0.39, 0.29) is 13.2 Å². The van der Waals surface area contributed by atoms with Gasteiger partial charge in [-0.15, -0.1) is 6.58 Å². The molecule has 0 spiro atoms. The average molecular weight is 292 g/mol. The number of alkyl carbamates (subject to hydrolysis) is 1. The summed E-state index contributed by atoms with van der Waals surface area (Å²) in [6.45, 7) is 5.42. The zero-order valence-electron chi connectivity index (χ0n) is 12.0. The lowest BCUT2D eigenvalue weighted by molar-refractivity contribution is 0.0964. The van der Waals surface area contributed by atoms with Gasteiger partial charge in [-0.25, -0.2) is 9.59 Å². The summed E-state index contributed by atoms with van der Waals surface area (Å²) >= 11 is 0. The Morgan fingerprint density at radius 1 is 1.33 bits per heavy atom. The van der Waals surface area contributed by atoms with Gasteiger partial charge in [-0.3, -0.25) is 0 Å². The van der Waals surface area contributed by atoms with Crippen LogP contribution in [0.3, 0.4) is 0 Å². The second kappa shape index (κ2) is 7.94. The van der Waals surface area contributed by atoms with E-state index in [2.05, 4.69) is 11.9 Å². The smallest absolute Gasteiger partial charge is 0.408 e. The fourth-order valence-corrected chi connectivity index (χ4v) is 1.70. The lowest BCUT2D eigenvalue weighted by Gasteiger charge is -2.28. The summed E-state index contributed by atoms with van der Waals surface area (Å²) < 4.78 is 9.86. The molecule has 0 aliphatic carbocycles. The van der Waals surface area contributed by atoms with Crippen LogP contribution in [0, 0.1) is 0 Å². The number of nitrogens with two attached hydrogens (primary N) is 1. The first-order valence-electron chi connectivity index (χ1n) is 6.47. The van der Waals surface area contributed by atoms with Crippen molar-refractivity contribution in [2.24, 2.45) is 5.73 Å². The molecule has 0 bridgehead atoms. The molecule has 2 amide bonds. The van der Waals surface area contributed by atoms with E-state index in [1.54, 1.807) is 13.0 Å². The lowest BCUT2D eigenvalue weighted by Crippen LogP contribution is -2.50. The second-order valence-corrected chi connectivity index (χ2v) is 4.85. The van der Waals surface area contributed by atoms with Gasteiger partial charge in [0.15, 0.2) is 0 Å². The van der Waals surface area contributed by atoms with E-state index in [1.165, 1.54) is 0 Å². The molecule has 6 nitrogen and oxygen atoms in total. The van der Waals surface area contributed by atoms with Crippen LogP contribution in [0.15, 0.2) is 43.0 Å².